The first kappa shape index (κ1) is 16.3. The first-order chi connectivity index (χ1) is 13.6. The van der Waals surface area contributed by atoms with Crippen molar-refractivity contribution in [3.05, 3.63) is 81.4 Å². The highest BCUT2D eigenvalue weighted by atomic mass is 19.1. The fraction of sp³-hybridized carbons (Fsp3) is 0.105. The van der Waals surface area contributed by atoms with Crippen LogP contribution in [-0.4, -0.2) is 30.4 Å². The molecule has 0 saturated heterocycles. The van der Waals surface area contributed by atoms with E-state index < -0.39 is 6.04 Å². The van der Waals surface area contributed by atoms with Crippen molar-refractivity contribution in [1.82, 2.24) is 30.4 Å². The number of aryl methyl sites for hydroxylation is 1. The van der Waals surface area contributed by atoms with E-state index in [-0.39, 0.29) is 11.4 Å². The fourth-order valence-corrected chi connectivity index (χ4v) is 3.42. The van der Waals surface area contributed by atoms with E-state index in [1.54, 1.807) is 16.8 Å². The third-order valence-electron chi connectivity index (χ3n) is 4.78. The molecule has 2 aromatic carbocycles. The van der Waals surface area contributed by atoms with Crippen LogP contribution in [0.5, 0.6) is 0 Å². The molecule has 4 aromatic rings. The summed E-state index contributed by atoms with van der Waals surface area (Å²) in [4.78, 5) is 12.5. The number of aromatic nitrogens is 6. The van der Waals surface area contributed by atoms with Gasteiger partial charge in [-0.3, -0.25) is 4.79 Å². The van der Waals surface area contributed by atoms with E-state index in [1.165, 1.54) is 12.1 Å². The molecular formula is C19H14FN7O. The fourth-order valence-electron chi connectivity index (χ4n) is 3.42. The SMILES string of the molecule is Cc1ccc(-c2n[nH]c(=O)c3c2[C@H](c2ccc(F)cc2)n2nnnc2N3)cc1. The minimum Gasteiger partial charge on any atom is -0.318 e. The molecule has 9 heteroatoms. The number of nitrogens with one attached hydrogen (secondary N) is 2. The van der Waals surface area contributed by atoms with Crippen LogP contribution in [-0.2, 0) is 0 Å². The lowest BCUT2D eigenvalue weighted by atomic mass is 9.92. The third kappa shape index (κ3) is 2.48. The first-order valence-corrected chi connectivity index (χ1v) is 8.62. The summed E-state index contributed by atoms with van der Waals surface area (Å²) >= 11 is 0. The largest absolute Gasteiger partial charge is 0.318 e. The van der Waals surface area contributed by atoms with Gasteiger partial charge in [-0.15, -0.1) is 0 Å². The molecule has 0 saturated carbocycles. The molecule has 0 amide bonds. The summed E-state index contributed by atoms with van der Waals surface area (Å²) in [5, 5.41) is 21.6. The molecule has 1 atom stereocenters. The van der Waals surface area contributed by atoms with Gasteiger partial charge in [0.1, 0.15) is 17.5 Å². The number of fused-ring (bicyclic) bond motifs is 2. The summed E-state index contributed by atoms with van der Waals surface area (Å²) < 4.78 is 15.1. The van der Waals surface area contributed by atoms with E-state index in [0.29, 0.717) is 22.9 Å². The van der Waals surface area contributed by atoms with Crippen molar-refractivity contribution in [2.24, 2.45) is 0 Å². The molecule has 8 nitrogen and oxygen atoms in total. The quantitative estimate of drug-likeness (QED) is 0.492. The average Bonchev–Trinajstić information content (AvgIpc) is 3.17. The maximum atomic E-state index is 13.5. The molecule has 0 radical (unpaired) electrons. The van der Waals surface area contributed by atoms with Gasteiger partial charge < -0.3 is 5.32 Å². The van der Waals surface area contributed by atoms with Crippen LogP contribution in [0.1, 0.15) is 22.7 Å². The van der Waals surface area contributed by atoms with Crippen molar-refractivity contribution in [3.8, 4) is 11.3 Å². The van der Waals surface area contributed by atoms with Crippen molar-refractivity contribution >= 4 is 11.6 Å². The molecule has 3 heterocycles. The molecule has 1 aliphatic rings. The molecule has 0 unspecified atom stereocenters. The standard InChI is InChI=1S/C19H14FN7O/c1-10-2-4-11(5-3-10)15-14-16(18(28)23-22-15)21-19-24-25-26-27(19)17(14)12-6-8-13(20)9-7-12/h2-9,17H,1H3,(H,23,28)(H,21,24,26)/t17-/m0/s1. The smallest absolute Gasteiger partial charge is 0.288 e. The van der Waals surface area contributed by atoms with Crippen LogP contribution in [0.25, 0.3) is 11.3 Å². The summed E-state index contributed by atoms with van der Waals surface area (Å²) in [5.74, 6) is -0.0222. The van der Waals surface area contributed by atoms with Gasteiger partial charge in [0.2, 0.25) is 5.95 Å². The van der Waals surface area contributed by atoms with E-state index in [9.17, 15) is 9.18 Å². The van der Waals surface area contributed by atoms with E-state index in [0.717, 1.165) is 16.7 Å². The second kappa shape index (κ2) is 6.08. The Bertz CT molecular complexity index is 1230. The number of anilines is 2. The Kier molecular flexibility index (Phi) is 3.54. The molecule has 2 N–H and O–H groups in total. The van der Waals surface area contributed by atoms with Gasteiger partial charge in [0.05, 0.1) is 5.69 Å². The van der Waals surface area contributed by atoms with Gasteiger partial charge in [0, 0.05) is 11.1 Å². The lowest BCUT2D eigenvalue weighted by Crippen LogP contribution is -2.29. The number of H-pyrrole nitrogens is 1. The molecule has 0 aliphatic carbocycles. The van der Waals surface area contributed by atoms with E-state index in [1.807, 2.05) is 31.2 Å². The minimum absolute atomic E-state index is 0.321. The highest BCUT2D eigenvalue weighted by Gasteiger charge is 2.34. The lowest BCUT2D eigenvalue weighted by Gasteiger charge is -2.27. The van der Waals surface area contributed by atoms with Crippen LogP contribution >= 0.6 is 0 Å². The molecule has 0 fully saturated rings. The zero-order valence-electron chi connectivity index (χ0n) is 14.7. The van der Waals surface area contributed by atoms with Gasteiger partial charge in [-0.1, -0.05) is 47.1 Å². The monoisotopic (exact) mass is 375 g/mol. The van der Waals surface area contributed by atoms with Crippen molar-refractivity contribution in [2.45, 2.75) is 13.0 Å². The van der Waals surface area contributed by atoms with Gasteiger partial charge >= 0.3 is 0 Å². The predicted molar refractivity (Wildman–Crippen MR) is 99.8 cm³/mol. The van der Waals surface area contributed by atoms with Crippen molar-refractivity contribution in [3.63, 3.8) is 0 Å². The van der Waals surface area contributed by atoms with Crippen molar-refractivity contribution in [2.75, 3.05) is 5.32 Å². The number of hydrogen-bond acceptors (Lipinski definition) is 6. The van der Waals surface area contributed by atoms with Crippen molar-refractivity contribution in [1.29, 1.82) is 0 Å². The Morgan fingerprint density at radius 3 is 2.57 bits per heavy atom. The lowest BCUT2D eigenvalue weighted by molar-refractivity contribution is 0.564. The second-order valence-electron chi connectivity index (χ2n) is 6.58. The van der Waals surface area contributed by atoms with Gasteiger partial charge in [-0.05, 0) is 35.0 Å². The number of rotatable bonds is 2. The van der Waals surface area contributed by atoms with Crippen LogP contribution in [0.15, 0.2) is 53.3 Å². The molecule has 5 rings (SSSR count). The molecule has 138 valence electrons. The van der Waals surface area contributed by atoms with Crippen LogP contribution in [0.3, 0.4) is 0 Å². The Balaban J connectivity index is 1.81. The predicted octanol–water partition coefficient (Wildman–Crippen LogP) is 2.57. The normalized spacial score (nSPS) is 14.9. The zero-order valence-corrected chi connectivity index (χ0v) is 14.7. The Morgan fingerprint density at radius 1 is 1.07 bits per heavy atom. The number of nitrogens with zero attached hydrogens (tertiary/aromatic N) is 5. The van der Waals surface area contributed by atoms with Crippen molar-refractivity contribution < 1.29 is 4.39 Å². The van der Waals surface area contributed by atoms with Gasteiger partial charge in [-0.25, -0.2) is 9.49 Å². The van der Waals surface area contributed by atoms with Gasteiger partial charge in [0.15, 0.2) is 0 Å². The molecular weight excluding hydrogens is 361 g/mol. The molecule has 0 bridgehead atoms. The number of tetrazole rings is 1. The summed E-state index contributed by atoms with van der Waals surface area (Å²) in [6.07, 6.45) is 0. The topological polar surface area (TPSA) is 101 Å². The van der Waals surface area contributed by atoms with E-state index in [2.05, 4.69) is 31.0 Å². The van der Waals surface area contributed by atoms with Gasteiger partial charge in [0.25, 0.3) is 5.56 Å². The Morgan fingerprint density at radius 2 is 1.82 bits per heavy atom. The van der Waals surface area contributed by atoms with Crippen LogP contribution in [0.2, 0.25) is 0 Å². The van der Waals surface area contributed by atoms with Crippen LogP contribution in [0.4, 0.5) is 16.0 Å². The summed E-state index contributed by atoms with van der Waals surface area (Å²) in [6, 6.07) is 13.3. The number of benzene rings is 2. The van der Waals surface area contributed by atoms with E-state index >= 15 is 0 Å². The third-order valence-corrected chi connectivity index (χ3v) is 4.78. The summed E-state index contributed by atoms with van der Waals surface area (Å²) in [6.45, 7) is 2.00. The Hall–Kier alpha value is -3.88. The minimum atomic E-state index is -0.534. The highest BCUT2D eigenvalue weighted by Crippen LogP contribution is 2.40. The molecule has 1 aliphatic heterocycles. The molecule has 28 heavy (non-hydrogen) atoms. The van der Waals surface area contributed by atoms with Crippen LogP contribution < -0.4 is 10.9 Å². The second-order valence-corrected chi connectivity index (χ2v) is 6.58. The van der Waals surface area contributed by atoms with Gasteiger partial charge in [-0.2, -0.15) is 9.78 Å². The number of aromatic amines is 1. The maximum Gasteiger partial charge on any atom is 0.288 e. The zero-order chi connectivity index (χ0) is 19.3. The van der Waals surface area contributed by atoms with Crippen LogP contribution in [0, 0.1) is 12.7 Å². The summed E-state index contributed by atoms with van der Waals surface area (Å²) in [5.41, 5.74) is 3.84. The first-order valence-electron chi connectivity index (χ1n) is 8.62. The summed E-state index contributed by atoms with van der Waals surface area (Å²) in [7, 11) is 0. The molecule has 2 aromatic heterocycles. The number of halogens is 1. The number of hydrogen-bond donors (Lipinski definition) is 2. The maximum absolute atomic E-state index is 13.5. The Labute approximate surface area is 158 Å². The molecule has 0 spiro atoms. The van der Waals surface area contributed by atoms with E-state index in [4.69, 9.17) is 0 Å². The average molecular weight is 375 g/mol. The highest BCUT2D eigenvalue weighted by molar-refractivity contribution is 5.75.